The van der Waals surface area contributed by atoms with Gasteiger partial charge in [-0.15, -0.1) is 0 Å². The number of allylic oxidation sites excluding steroid dienone is 4. The summed E-state index contributed by atoms with van der Waals surface area (Å²) in [6, 6.07) is 6.47. The third-order valence-electron chi connectivity index (χ3n) is 2.18. The molecular formula is C14H17Cl2Zr-. The molecule has 1 aromatic carbocycles. The van der Waals surface area contributed by atoms with Crippen molar-refractivity contribution in [2.24, 2.45) is 0 Å². The molecule has 1 aromatic rings. The number of hydrogen-bond donors (Lipinski definition) is 0. The maximum atomic E-state index is 2.22. The zero-order valence-electron chi connectivity index (χ0n) is 10.4. The summed E-state index contributed by atoms with van der Waals surface area (Å²) in [5.74, 6) is 0.532. The summed E-state index contributed by atoms with van der Waals surface area (Å²) < 4.78 is 1.51. The smallest absolute Gasteiger partial charge is 0.00245 e. The van der Waals surface area contributed by atoms with Crippen LogP contribution in [-0.2, 0) is 24.2 Å². The van der Waals surface area contributed by atoms with Crippen LogP contribution in [0.2, 0.25) is 0 Å². The molecule has 0 N–H and O–H groups in total. The summed E-state index contributed by atoms with van der Waals surface area (Å²) in [5.41, 5.74) is 2.83. The molecule has 17 heavy (non-hydrogen) atoms. The third-order valence-corrected chi connectivity index (χ3v) is 2.18. The molecule has 0 unspecified atom stereocenters. The van der Waals surface area contributed by atoms with Gasteiger partial charge in [0.05, 0.1) is 0 Å². The Morgan fingerprint density at radius 3 is 2.00 bits per heavy atom. The van der Waals surface area contributed by atoms with E-state index in [0.29, 0.717) is 5.92 Å². The van der Waals surface area contributed by atoms with Crippen LogP contribution in [0.5, 0.6) is 0 Å². The fourth-order valence-corrected chi connectivity index (χ4v) is 1.54. The van der Waals surface area contributed by atoms with Gasteiger partial charge in [-0.2, -0.15) is 17.2 Å². The quantitative estimate of drug-likeness (QED) is 0.501. The summed E-state index contributed by atoms with van der Waals surface area (Å²) in [5, 5.41) is 0. The molecule has 1 aliphatic carbocycles. The topological polar surface area (TPSA) is 0 Å². The van der Waals surface area contributed by atoms with Gasteiger partial charge in [-0.1, -0.05) is 31.2 Å². The predicted octanol–water partition coefficient (Wildman–Crippen LogP) is -2.32. The van der Waals surface area contributed by atoms with Gasteiger partial charge in [0.25, 0.3) is 0 Å². The number of rotatable bonds is 1. The largest absolute Gasteiger partial charge is 1.00 e. The first kappa shape index (κ1) is 19.5. The Balaban J connectivity index is 0. The first-order valence-corrected chi connectivity index (χ1v) is 6.43. The molecule has 0 radical (unpaired) electrons. The summed E-state index contributed by atoms with van der Waals surface area (Å²) in [6.07, 6.45) is 8.67. The van der Waals surface area contributed by atoms with Crippen LogP contribution in [0.4, 0.5) is 0 Å². The van der Waals surface area contributed by atoms with Crippen LogP contribution in [0.15, 0.2) is 42.5 Å². The average Bonchev–Trinajstić information content (AvgIpc) is 2.71. The van der Waals surface area contributed by atoms with E-state index in [2.05, 4.69) is 63.3 Å². The van der Waals surface area contributed by atoms with Crippen molar-refractivity contribution in [3.05, 3.63) is 53.6 Å². The van der Waals surface area contributed by atoms with E-state index < -0.39 is 0 Å². The second-order valence-electron chi connectivity index (χ2n) is 3.96. The Morgan fingerprint density at radius 2 is 1.65 bits per heavy atom. The molecule has 0 bridgehead atoms. The van der Waals surface area contributed by atoms with Gasteiger partial charge in [-0.25, -0.2) is 12.1 Å². The average molecular weight is 347 g/mol. The molecule has 0 spiro atoms. The Bertz CT molecular complexity index is 373. The monoisotopic (exact) mass is 345 g/mol. The van der Waals surface area contributed by atoms with E-state index in [4.69, 9.17) is 0 Å². The molecule has 0 fully saturated rings. The van der Waals surface area contributed by atoms with Gasteiger partial charge in [0.1, 0.15) is 0 Å². The molecule has 0 saturated carbocycles. The molecule has 0 aromatic heterocycles. The minimum atomic E-state index is 0. The normalized spacial score (nSPS) is 12.3. The maximum Gasteiger partial charge on any atom is -0.00245 e. The Morgan fingerprint density at radius 1 is 1.18 bits per heavy atom. The van der Waals surface area contributed by atoms with Crippen LogP contribution in [-0.4, -0.2) is 3.21 Å². The fraction of sp³-hybridized carbons (Fsp3) is 0.286. The Hall–Kier alpha value is 0.163. The van der Waals surface area contributed by atoms with Crippen molar-refractivity contribution in [1.82, 2.24) is 0 Å². The van der Waals surface area contributed by atoms with Crippen molar-refractivity contribution >= 4 is 3.21 Å². The zero-order chi connectivity index (χ0) is 11.3. The first-order chi connectivity index (χ1) is 7.11. The van der Waals surface area contributed by atoms with Crippen molar-refractivity contribution in [2.45, 2.75) is 26.7 Å². The van der Waals surface area contributed by atoms with Gasteiger partial charge in [0.15, 0.2) is 0 Å². The van der Waals surface area contributed by atoms with E-state index in [9.17, 15) is 0 Å². The zero-order valence-corrected chi connectivity index (χ0v) is 14.3. The van der Waals surface area contributed by atoms with Gasteiger partial charge in [-0.3, -0.25) is 0 Å². The van der Waals surface area contributed by atoms with Crippen LogP contribution in [0, 0.1) is 6.92 Å². The fourth-order valence-electron chi connectivity index (χ4n) is 1.54. The van der Waals surface area contributed by atoms with Gasteiger partial charge in [-0.05, 0) is 5.92 Å². The number of hydrogen-bond acceptors (Lipinski definition) is 0. The van der Waals surface area contributed by atoms with Crippen LogP contribution in [0.3, 0.4) is 0 Å². The molecular weight excluding hydrogens is 330 g/mol. The van der Waals surface area contributed by atoms with Crippen molar-refractivity contribution in [2.75, 3.05) is 0 Å². The van der Waals surface area contributed by atoms with Crippen LogP contribution in [0.1, 0.15) is 30.9 Å². The van der Waals surface area contributed by atoms with Crippen molar-refractivity contribution < 1.29 is 49.0 Å². The van der Waals surface area contributed by atoms with Crippen molar-refractivity contribution in [3.8, 4) is 0 Å². The molecule has 0 saturated heterocycles. The second kappa shape index (κ2) is 10.1. The number of aryl methyl sites for hydroxylation is 1. The van der Waals surface area contributed by atoms with Gasteiger partial charge in [0, 0.05) is 0 Å². The number of halogens is 2. The molecule has 0 atom stereocenters. The summed E-state index contributed by atoms with van der Waals surface area (Å²) in [7, 11) is 0. The van der Waals surface area contributed by atoms with E-state index in [0.717, 1.165) is 0 Å². The van der Waals surface area contributed by atoms with E-state index in [1.54, 1.807) is 24.2 Å². The third kappa shape index (κ3) is 7.24. The molecule has 0 aliphatic heterocycles. The molecule has 3 heteroatoms. The van der Waals surface area contributed by atoms with Gasteiger partial charge in [0.2, 0.25) is 0 Å². The maximum absolute atomic E-state index is 2.22. The molecule has 0 heterocycles. The summed E-state index contributed by atoms with van der Waals surface area (Å²) >= 11 is 1.55. The first-order valence-electron chi connectivity index (χ1n) is 5.20. The van der Waals surface area contributed by atoms with Crippen LogP contribution in [0.25, 0.3) is 0 Å². The SMILES string of the molecule is C[C](C)=[Zr+2].C[c-]1cccc1C1C=CC=C1.[Cl-].[Cl-]. The van der Waals surface area contributed by atoms with Crippen LogP contribution >= 0.6 is 0 Å². The Labute approximate surface area is 132 Å². The standard InChI is InChI=1S/C11H11.C3H6.2ClH.Zr/c1-9-5-4-8-11(9)10-6-2-3-7-10;1-3-2;;;/h2-8,10H,1H3;1-2H3;2*1H;/q-1;;;;+2/p-2. The molecule has 92 valence electrons. The van der Waals surface area contributed by atoms with E-state index in [1.165, 1.54) is 14.3 Å². The van der Waals surface area contributed by atoms with Gasteiger partial charge >= 0.3 is 41.3 Å². The predicted molar refractivity (Wildman–Crippen MR) is 64.1 cm³/mol. The van der Waals surface area contributed by atoms with Crippen LogP contribution < -0.4 is 24.8 Å². The Kier molecular flexibility index (Phi) is 11.6. The van der Waals surface area contributed by atoms with Crippen molar-refractivity contribution in [3.63, 3.8) is 0 Å². The minimum absolute atomic E-state index is 0. The summed E-state index contributed by atoms with van der Waals surface area (Å²) in [4.78, 5) is 0. The molecule has 0 amide bonds. The van der Waals surface area contributed by atoms with E-state index in [1.807, 2.05) is 0 Å². The second-order valence-corrected chi connectivity index (χ2v) is 6.42. The molecule has 1 aliphatic rings. The van der Waals surface area contributed by atoms with E-state index in [-0.39, 0.29) is 24.8 Å². The van der Waals surface area contributed by atoms with E-state index >= 15 is 0 Å². The molecule has 2 rings (SSSR count). The minimum Gasteiger partial charge on any atom is -1.00 e. The molecule has 0 nitrogen and oxygen atoms in total. The summed E-state index contributed by atoms with van der Waals surface area (Å²) in [6.45, 7) is 6.41. The van der Waals surface area contributed by atoms with Gasteiger partial charge < -0.3 is 24.8 Å². The van der Waals surface area contributed by atoms with Crippen molar-refractivity contribution in [1.29, 1.82) is 0 Å².